The lowest BCUT2D eigenvalue weighted by Crippen LogP contribution is -2.41. The van der Waals surface area contributed by atoms with Crippen LogP contribution in [0.15, 0.2) is 45.9 Å². The number of aliphatic hydroxyl groups is 1. The van der Waals surface area contributed by atoms with Gasteiger partial charge in [0, 0.05) is 24.4 Å². The largest absolute Gasteiger partial charge is 0.422 e. The third-order valence-corrected chi connectivity index (χ3v) is 4.22. The first-order valence-electron chi connectivity index (χ1n) is 6.62. The van der Waals surface area contributed by atoms with Crippen LogP contribution in [0, 0.1) is 5.41 Å². The molecule has 0 fully saturated rings. The molecule has 0 aliphatic heterocycles. The van der Waals surface area contributed by atoms with Crippen molar-refractivity contribution in [3.8, 4) is 5.75 Å². The van der Waals surface area contributed by atoms with Crippen LogP contribution >= 0.6 is 31.9 Å². The second-order valence-corrected chi connectivity index (χ2v) is 7.15. The number of rotatable bonds is 5. The van der Waals surface area contributed by atoms with E-state index in [1.807, 2.05) is 42.9 Å². The maximum atomic E-state index is 12.2. The van der Waals surface area contributed by atoms with E-state index in [0.29, 0.717) is 15.8 Å². The fourth-order valence-electron chi connectivity index (χ4n) is 1.99. The van der Waals surface area contributed by atoms with Crippen LogP contribution < -0.4 is 4.74 Å². The van der Waals surface area contributed by atoms with Crippen LogP contribution in [0.4, 0.5) is 0 Å². The number of aliphatic hydroxyl groups excluding tert-OH is 1. The summed E-state index contributed by atoms with van der Waals surface area (Å²) in [4.78, 5) is 16.3. The van der Waals surface area contributed by atoms with Gasteiger partial charge in [0.25, 0.3) is 0 Å². The summed E-state index contributed by atoms with van der Waals surface area (Å²) in [6.07, 6.45) is 2.51. The standard InChI is InChI=1S/C15H16Br2N2O3/c1-15(2,9-19-7-3-4-8-19)12(20)14(21)22-10-5-6-11(16)18-13(10)17/h3-8,12,20H,9H2,1-2H3. The van der Waals surface area contributed by atoms with Crippen molar-refractivity contribution in [2.24, 2.45) is 5.41 Å². The highest BCUT2D eigenvalue weighted by molar-refractivity contribution is 9.11. The molecule has 0 saturated carbocycles. The van der Waals surface area contributed by atoms with E-state index >= 15 is 0 Å². The number of halogens is 2. The zero-order chi connectivity index (χ0) is 16.3. The fourth-order valence-corrected chi connectivity index (χ4v) is 2.94. The van der Waals surface area contributed by atoms with E-state index in [4.69, 9.17) is 4.74 Å². The Kier molecular flexibility index (Phi) is 5.41. The first kappa shape index (κ1) is 17.2. The second-order valence-electron chi connectivity index (χ2n) is 5.59. The van der Waals surface area contributed by atoms with Gasteiger partial charge >= 0.3 is 5.97 Å². The normalized spacial score (nSPS) is 13.0. The predicted octanol–water partition coefficient (Wildman–Crippen LogP) is 3.40. The molecule has 0 aromatic carbocycles. The summed E-state index contributed by atoms with van der Waals surface area (Å²) in [7, 11) is 0. The molecule has 2 aromatic rings. The molecule has 0 aliphatic rings. The lowest BCUT2D eigenvalue weighted by atomic mass is 9.86. The van der Waals surface area contributed by atoms with Crippen molar-refractivity contribution in [1.29, 1.82) is 0 Å². The van der Waals surface area contributed by atoms with E-state index in [0.717, 1.165) is 0 Å². The number of hydrogen-bond donors (Lipinski definition) is 1. The van der Waals surface area contributed by atoms with Gasteiger partial charge < -0.3 is 14.4 Å². The predicted molar refractivity (Wildman–Crippen MR) is 89.5 cm³/mol. The minimum Gasteiger partial charge on any atom is -0.422 e. The number of carbonyl (C=O) groups excluding carboxylic acids is 1. The summed E-state index contributed by atoms with van der Waals surface area (Å²) in [6.45, 7) is 4.12. The van der Waals surface area contributed by atoms with Gasteiger partial charge in [0.2, 0.25) is 0 Å². The van der Waals surface area contributed by atoms with Gasteiger partial charge in [-0.25, -0.2) is 9.78 Å². The molecule has 5 nitrogen and oxygen atoms in total. The molecule has 0 saturated heterocycles. The van der Waals surface area contributed by atoms with Crippen molar-refractivity contribution in [3.63, 3.8) is 0 Å². The van der Waals surface area contributed by atoms with Crippen molar-refractivity contribution >= 4 is 37.8 Å². The Morgan fingerprint density at radius 1 is 1.36 bits per heavy atom. The summed E-state index contributed by atoms with van der Waals surface area (Å²) >= 11 is 6.44. The molecule has 1 N–H and O–H groups in total. The van der Waals surface area contributed by atoms with Crippen molar-refractivity contribution in [1.82, 2.24) is 9.55 Å². The molecule has 0 bridgehead atoms. The molecule has 0 aliphatic carbocycles. The maximum Gasteiger partial charge on any atom is 0.341 e. The highest BCUT2D eigenvalue weighted by Crippen LogP contribution is 2.28. The number of ether oxygens (including phenoxy) is 1. The highest BCUT2D eigenvalue weighted by Gasteiger charge is 2.35. The zero-order valence-corrected chi connectivity index (χ0v) is 15.3. The zero-order valence-electron chi connectivity index (χ0n) is 12.2. The van der Waals surface area contributed by atoms with Gasteiger partial charge in [-0.3, -0.25) is 0 Å². The van der Waals surface area contributed by atoms with Crippen molar-refractivity contribution in [3.05, 3.63) is 45.9 Å². The Bertz CT molecular complexity index is 657. The number of carbonyl (C=O) groups is 1. The SMILES string of the molecule is CC(C)(Cn1cccc1)C(O)C(=O)Oc1ccc(Br)nc1Br. The third-order valence-electron chi connectivity index (χ3n) is 3.21. The van der Waals surface area contributed by atoms with Gasteiger partial charge in [-0.05, 0) is 56.1 Å². The summed E-state index contributed by atoms with van der Waals surface area (Å²) in [5.41, 5.74) is -0.675. The number of aromatic nitrogens is 2. The van der Waals surface area contributed by atoms with Gasteiger partial charge in [-0.2, -0.15) is 0 Å². The van der Waals surface area contributed by atoms with Gasteiger partial charge in [0.1, 0.15) is 9.21 Å². The van der Waals surface area contributed by atoms with Crippen LogP contribution in [0.5, 0.6) is 5.75 Å². The molecule has 1 unspecified atom stereocenters. The van der Waals surface area contributed by atoms with Crippen LogP contribution in [0.3, 0.4) is 0 Å². The Labute approximate surface area is 145 Å². The molecule has 2 rings (SSSR count). The van der Waals surface area contributed by atoms with Gasteiger partial charge in [-0.1, -0.05) is 13.8 Å². The average molecular weight is 432 g/mol. The molecule has 0 amide bonds. The smallest absolute Gasteiger partial charge is 0.341 e. The van der Waals surface area contributed by atoms with E-state index in [9.17, 15) is 9.90 Å². The number of nitrogens with zero attached hydrogens (tertiary/aromatic N) is 2. The first-order valence-corrected chi connectivity index (χ1v) is 8.21. The van der Waals surface area contributed by atoms with Crippen molar-refractivity contribution < 1.29 is 14.6 Å². The van der Waals surface area contributed by atoms with Gasteiger partial charge in [0.15, 0.2) is 11.9 Å². The number of pyridine rings is 1. The monoisotopic (exact) mass is 430 g/mol. The third kappa shape index (κ3) is 4.18. The topological polar surface area (TPSA) is 64.4 Å². The molecule has 1 atom stereocenters. The summed E-state index contributed by atoms with van der Waals surface area (Å²) < 4.78 is 8.16. The molecule has 0 radical (unpaired) electrons. The summed E-state index contributed by atoms with van der Waals surface area (Å²) in [5.74, 6) is -0.439. The van der Waals surface area contributed by atoms with Crippen molar-refractivity contribution in [2.75, 3.05) is 0 Å². The van der Waals surface area contributed by atoms with Crippen molar-refractivity contribution in [2.45, 2.75) is 26.5 Å². The Hall–Kier alpha value is -1.18. The van der Waals surface area contributed by atoms with Gasteiger partial charge in [-0.15, -0.1) is 0 Å². The lowest BCUT2D eigenvalue weighted by Gasteiger charge is -2.29. The average Bonchev–Trinajstić information content (AvgIpc) is 2.93. The molecular formula is C15H16Br2N2O3. The highest BCUT2D eigenvalue weighted by atomic mass is 79.9. The van der Waals surface area contributed by atoms with E-state index in [2.05, 4.69) is 36.8 Å². The number of hydrogen-bond acceptors (Lipinski definition) is 4. The van der Waals surface area contributed by atoms with Crippen LogP contribution in [0.2, 0.25) is 0 Å². The molecule has 2 heterocycles. The molecule has 0 spiro atoms. The summed E-state index contributed by atoms with van der Waals surface area (Å²) in [6, 6.07) is 7.05. The van der Waals surface area contributed by atoms with Crippen LogP contribution in [0.25, 0.3) is 0 Å². The van der Waals surface area contributed by atoms with Gasteiger partial charge in [0.05, 0.1) is 0 Å². The van der Waals surface area contributed by atoms with E-state index in [-0.39, 0.29) is 5.75 Å². The van der Waals surface area contributed by atoms with Crippen LogP contribution in [0.1, 0.15) is 13.8 Å². The fraction of sp³-hybridized carbons (Fsp3) is 0.333. The minimum atomic E-state index is -1.26. The molecule has 118 valence electrons. The quantitative estimate of drug-likeness (QED) is 0.582. The van der Waals surface area contributed by atoms with E-state index in [1.165, 1.54) is 0 Å². The number of esters is 1. The Balaban J connectivity index is 2.07. The minimum absolute atomic E-state index is 0.268. The van der Waals surface area contributed by atoms with Crippen LogP contribution in [-0.4, -0.2) is 26.7 Å². The van der Waals surface area contributed by atoms with Crippen LogP contribution in [-0.2, 0) is 11.3 Å². The Morgan fingerprint density at radius 2 is 2.00 bits per heavy atom. The molecule has 2 aromatic heterocycles. The lowest BCUT2D eigenvalue weighted by molar-refractivity contribution is -0.150. The second kappa shape index (κ2) is 6.93. The Morgan fingerprint density at radius 3 is 2.59 bits per heavy atom. The molecule has 7 heteroatoms. The molecule has 22 heavy (non-hydrogen) atoms. The van der Waals surface area contributed by atoms with E-state index in [1.54, 1.807) is 12.1 Å². The summed E-state index contributed by atoms with van der Waals surface area (Å²) in [5, 5.41) is 10.3. The maximum absolute atomic E-state index is 12.2. The van der Waals surface area contributed by atoms with E-state index < -0.39 is 17.5 Å². The molecular weight excluding hydrogens is 416 g/mol. The first-order chi connectivity index (χ1) is 10.3.